The lowest BCUT2D eigenvalue weighted by atomic mass is 10.2. The number of hydrogen-bond acceptors (Lipinski definition) is 3. The number of nitrogens with zero attached hydrogens (tertiary/aromatic N) is 4. The molecule has 2 heterocycles. The standard InChI is InChI=1S/C14H15N5/c1-18-8-6-14(17-18)16-10-12-2-4-13(5-3-12)19-9-7-15-11-19/h2-9,11H,10H2,1H3,(H,16,17). The van der Waals surface area contributed by atoms with Crippen molar-refractivity contribution >= 4 is 5.82 Å². The molecule has 19 heavy (non-hydrogen) atoms. The number of aryl methyl sites for hydroxylation is 1. The summed E-state index contributed by atoms with van der Waals surface area (Å²) >= 11 is 0. The molecule has 96 valence electrons. The largest absolute Gasteiger partial charge is 0.365 e. The number of anilines is 1. The van der Waals surface area contributed by atoms with E-state index in [2.05, 4.69) is 39.7 Å². The third-order valence-electron chi connectivity index (χ3n) is 2.93. The fourth-order valence-corrected chi connectivity index (χ4v) is 1.90. The smallest absolute Gasteiger partial charge is 0.148 e. The lowest BCUT2D eigenvalue weighted by molar-refractivity contribution is 0.768. The van der Waals surface area contributed by atoms with Crippen LogP contribution in [-0.2, 0) is 13.6 Å². The Morgan fingerprint density at radius 2 is 1.95 bits per heavy atom. The van der Waals surface area contributed by atoms with Crippen molar-refractivity contribution < 1.29 is 0 Å². The molecule has 0 radical (unpaired) electrons. The minimum atomic E-state index is 0.765. The van der Waals surface area contributed by atoms with Crippen LogP contribution in [0.2, 0.25) is 0 Å². The van der Waals surface area contributed by atoms with Crippen molar-refractivity contribution in [3.8, 4) is 5.69 Å². The number of hydrogen-bond donors (Lipinski definition) is 1. The molecule has 0 atom stereocenters. The van der Waals surface area contributed by atoms with Crippen molar-refractivity contribution in [2.75, 3.05) is 5.32 Å². The van der Waals surface area contributed by atoms with Gasteiger partial charge in [-0.05, 0) is 17.7 Å². The molecule has 3 aromatic rings. The Balaban J connectivity index is 1.66. The first-order valence-electron chi connectivity index (χ1n) is 6.12. The first-order chi connectivity index (χ1) is 9.31. The van der Waals surface area contributed by atoms with Gasteiger partial charge in [-0.1, -0.05) is 12.1 Å². The Kier molecular flexibility index (Phi) is 3.02. The molecule has 1 aromatic carbocycles. The summed E-state index contributed by atoms with van der Waals surface area (Å²) < 4.78 is 3.76. The summed E-state index contributed by atoms with van der Waals surface area (Å²) in [6, 6.07) is 10.3. The molecule has 5 nitrogen and oxygen atoms in total. The normalized spacial score (nSPS) is 10.6. The molecule has 0 spiro atoms. The minimum Gasteiger partial charge on any atom is -0.365 e. The van der Waals surface area contributed by atoms with Gasteiger partial charge in [-0.25, -0.2) is 4.98 Å². The van der Waals surface area contributed by atoms with Gasteiger partial charge in [0, 0.05) is 43.9 Å². The van der Waals surface area contributed by atoms with Crippen LogP contribution in [0.3, 0.4) is 0 Å². The van der Waals surface area contributed by atoms with Gasteiger partial charge in [0.25, 0.3) is 0 Å². The van der Waals surface area contributed by atoms with E-state index in [4.69, 9.17) is 0 Å². The third-order valence-corrected chi connectivity index (χ3v) is 2.93. The predicted octanol–water partition coefficient (Wildman–Crippen LogP) is 2.22. The van der Waals surface area contributed by atoms with Crippen LogP contribution in [0, 0.1) is 0 Å². The van der Waals surface area contributed by atoms with Gasteiger partial charge in [0.2, 0.25) is 0 Å². The highest BCUT2D eigenvalue weighted by atomic mass is 15.3. The highest BCUT2D eigenvalue weighted by molar-refractivity contribution is 5.37. The van der Waals surface area contributed by atoms with E-state index in [9.17, 15) is 0 Å². The fourth-order valence-electron chi connectivity index (χ4n) is 1.90. The van der Waals surface area contributed by atoms with Gasteiger partial charge in [-0.15, -0.1) is 0 Å². The van der Waals surface area contributed by atoms with Crippen LogP contribution in [0.4, 0.5) is 5.82 Å². The van der Waals surface area contributed by atoms with E-state index in [0.717, 1.165) is 18.1 Å². The third kappa shape index (κ3) is 2.65. The zero-order chi connectivity index (χ0) is 13.1. The van der Waals surface area contributed by atoms with E-state index in [1.165, 1.54) is 5.56 Å². The lowest BCUT2D eigenvalue weighted by Gasteiger charge is -2.05. The van der Waals surface area contributed by atoms with Gasteiger partial charge in [0.05, 0.1) is 6.33 Å². The Bertz CT molecular complexity index is 637. The Hall–Kier alpha value is -2.56. The quantitative estimate of drug-likeness (QED) is 0.775. The molecular weight excluding hydrogens is 238 g/mol. The van der Waals surface area contributed by atoms with Gasteiger partial charge >= 0.3 is 0 Å². The maximum Gasteiger partial charge on any atom is 0.148 e. The molecule has 3 rings (SSSR count). The van der Waals surface area contributed by atoms with Gasteiger partial charge in [0.1, 0.15) is 5.82 Å². The molecule has 1 N–H and O–H groups in total. The summed E-state index contributed by atoms with van der Waals surface area (Å²) in [5, 5.41) is 7.56. The van der Waals surface area contributed by atoms with Crippen molar-refractivity contribution in [1.82, 2.24) is 19.3 Å². The van der Waals surface area contributed by atoms with Crippen molar-refractivity contribution in [3.63, 3.8) is 0 Å². The van der Waals surface area contributed by atoms with Crippen LogP contribution in [0.15, 0.2) is 55.2 Å². The van der Waals surface area contributed by atoms with Crippen LogP contribution in [0.1, 0.15) is 5.56 Å². The molecule has 0 bridgehead atoms. The van der Waals surface area contributed by atoms with Gasteiger partial charge in [-0.3, -0.25) is 4.68 Å². The van der Waals surface area contributed by atoms with E-state index in [-0.39, 0.29) is 0 Å². The lowest BCUT2D eigenvalue weighted by Crippen LogP contribution is -2.01. The summed E-state index contributed by atoms with van der Waals surface area (Å²) in [6.45, 7) is 0.765. The van der Waals surface area contributed by atoms with E-state index in [0.29, 0.717) is 0 Å². The van der Waals surface area contributed by atoms with Crippen molar-refractivity contribution in [3.05, 3.63) is 60.8 Å². The summed E-state index contributed by atoms with van der Waals surface area (Å²) in [5.41, 5.74) is 2.33. The van der Waals surface area contributed by atoms with Crippen molar-refractivity contribution in [2.45, 2.75) is 6.54 Å². The SMILES string of the molecule is Cn1ccc(NCc2ccc(-n3ccnc3)cc2)n1. The summed E-state index contributed by atoms with van der Waals surface area (Å²) in [7, 11) is 1.91. The molecular formula is C14H15N5. The van der Waals surface area contributed by atoms with E-state index < -0.39 is 0 Å². The zero-order valence-corrected chi connectivity index (χ0v) is 10.7. The summed E-state index contributed by atoms with van der Waals surface area (Å²) in [6.07, 6.45) is 7.42. The topological polar surface area (TPSA) is 47.7 Å². The van der Waals surface area contributed by atoms with E-state index in [1.54, 1.807) is 17.2 Å². The van der Waals surface area contributed by atoms with E-state index >= 15 is 0 Å². The molecule has 0 saturated carbocycles. The van der Waals surface area contributed by atoms with Crippen LogP contribution >= 0.6 is 0 Å². The Morgan fingerprint density at radius 3 is 2.58 bits per heavy atom. The molecule has 0 aliphatic carbocycles. The molecule has 0 amide bonds. The Labute approximate surface area is 111 Å². The monoisotopic (exact) mass is 253 g/mol. The highest BCUT2D eigenvalue weighted by Gasteiger charge is 1.98. The number of imidazole rings is 1. The second kappa shape index (κ2) is 4.97. The highest BCUT2D eigenvalue weighted by Crippen LogP contribution is 2.11. The molecule has 5 heteroatoms. The van der Waals surface area contributed by atoms with Crippen LogP contribution in [-0.4, -0.2) is 19.3 Å². The number of benzene rings is 1. The first-order valence-corrected chi connectivity index (χ1v) is 6.12. The van der Waals surface area contributed by atoms with Gasteiger partial charge < -0.3 is 9.88 Å². The molecule has 0 fully saturated rings. The van der Waals surface area contributed by atoms with Gasteiger partial charge in [0.15, 0.2) is 0 Å². The molecule has 0 saturated heterocycles. The first kappa shape index (κ1) is 11.5. The second-order valence-electron chi connectivity index (χ2n) is 4.36. The van der Waals surface area contributed by atoms with Crippen LogP contribution in [0.5, 0.6) is 0 Å². The van der Waals surface area contributed by atoms with Crippen molar-refractivity contribution in [2.24, 2.45) is 7.05 Å². The second-order valence-corrected chi connectivity index (χ2v) is 4.36. The molecule has 0 aliphatic rings. The summed E-state index contributed by atoms with van der Waals surface area (Å²) in [5.74, 6) is 0.890. The molecule has 0 aliphatic heterocycles. The number of nitrogens with one attached hydrogen (secondary N) is 1. The average Bonchev–Trinajstić information content (AvgIpc) is 3.08. The van der Waals surface area contributed by atoms with Crippen LogP contribution in [0.25, 0.3) is 5.69 Å². The maximum atomic E-state index is 4.28. The fraction of sp³-hybridized carbons (Fsp3) is 0.143. The predicted molar refractivity (Wildman–Crippen MR) is 74.1 cm³/mol. The van der Waals surface area contributed by atoms with E-state index in [1.807, 2.05) is 30.1 Å². The maximum absolute atomic E-state index is 4.28. The summed E-state index contributed by atoms with van der Waals surface area (Å²) in [4.78, 5) is 4.04. The minimum absolute atomic E-state index is 0.765. The zero-order valence-electron chi connectivity index (χ0n) is 10.7. The van der Waals surface area contributed by atoms with Gasteiger partial charge in [-0.2, -0.15) is 5.10 Å². The average molecular weight is 253 g/mol. The Morgan fingerprint density at radius 1 is 1.11 bits per heavy atom. The van der Waals surface area contributed by atoms with Crippen molar-refractivity contribution in [1.29, 1.82) is 0 Å². The molecule has 0 unspecified atom stereocenters. The van der Waals surface area contributed by atoms with Crippen LogP contribution < -0.4 is 5.32 Å². The molecule has 2 aromatic heterocycles. The number of rotatable bonds is 4. The number of aromatic nitrogens is 4.